The molecule has 0 aliphatic rings. The second-order valence-electron chi connectivity index (χ2n) is 4.83. The number of anilines is 1. The fourth-order valence-corrected chi connectivity index (χ4v) is 2.20. The van der Waals surface area contributed by atoms with Gasteiger partial charge in [-0.2, -0.15) is 0 Å². The van der Waals surface area contributed by atoms with Crippen molar-refractivity contribution in [3.8, 4) is 0 Å². The number of halogens is 1. The minimum absolute atomic E-state index is 0.156. The summed E-state index contributed by atoms with van der Waals surface area (Å²) in [5, 5.41) is 0. The molecule has 3 aromatic rings. The lowest BCUT2D eigenvalue weighted by atomic mass is 10.2. The maximum absolute atomic E-state index is 13.7. The van der Waals surface area contributed by atoms with E-state index in [1.165, 1.54) is 16.5 Å². The number of hydrogen-bond donors (Lipinski definition) is 0. The molecule has 0 saturated carbocycles. The van der Waals surface area contributed by atoms with E-state index in [-0.39, 0.29) is 11.4 Å². The SMILES string of the molecule is CN(Cc1ccccc1F)c1cc(=O)n2ccccc2n1. The van der Waals surface area contributed by atoms with E-state index in [0.717, 1.165) is 0 Å². The van der Waals surface area contributed by atoms with E-state index >= 15 is 0 Å². The van der Waals surface area contributed by atoms with E-state index in [9.17, 15) is 9.18 Å². The zero-order valence-electron chi connectivity index (χ0n) is 11.5. The Morgan fingerprint density at radius 3 is 2.76 bits per heavy atom. The van der Waals surface area contributed by atoms with Crippen LogP contribution in [0.15, 0.2) is 59.5 Å². The van der Waals surface area contributed by atoms with Crippen molar-refractivity contribution >= 4 is 11.5 Å². The minimum atomic E-state index is -0.262. The monoisotopic (exact) mass is 283 g/mol. The molecule has 0 saturated heterocycles. The molecule has 5 heteroatoms. The van der Waals surface area contributed by atoms with Crippen LogP contribution in [-0.4, -0.2) is 16.4 Å². The summed E-state index contributed by atoms with van der Waals surface area (Å²) in [6, 6.07) is 13.4. The zero-order chi connectivity index (χ0) is 14.8. The number of hydrogen-bond acceptors (Lipinski definition) is 3. The summed E-state index contributed by atoms with van der Waals surface area (Å²) in [5.74, 6) is 0.260. The van der Waals surface area contributed by atoms with Crippen molar-refractivity contribution < 1.29 is 4.39 Å². The second-order valence-corrected chi connectivity index (χ2v) is 4.83. The highest BCUT2D eigenvalue weighted by Gasteiger charge is 2.09. The van der Waals surface area contributed by atoms with Crippen LogP contribution in [0.5, 0.6) is 0 Å². The Morgan fingerprint density at radius 1 is 1.19 bits per heavy atom. The van der Waals surface area contributed by atoms with Gasteiger partial charge in [0.25, 0.3) is 5.56 Å². The first-order valence-corrected chi connectivity index (χ1v) is 6.58. The van der Waals surface area contributed by atoms with Crippen molar-refractivity contribution in [2.45, 2.75) is 6.54 Å². The molecule has 4 nitrogen and oxygen atoms in total. The molecular weight excluding hydrogens is 269 g/mol. The van der Waals surface area contributed by atoms with Crippen molar-refractivity contribution in [3.63, 3.8) is 0 Å². The van der Waals surface area contributed by atoms with E-state index in [1.54, 1.807) is 48.5 Å². The lowest BCUT2D eigenvalue weighted by molar-refractivity contribution is 0.607. The van der Waals surface area contributed by atoms with Crippen LogP contribution in [-0.2, 0) is 6.54 Å². The van der Waals surface area contributed by atoms with Crippen LogP contribution < -0.4 is 10.5 Å². The maximum atomic E-state index is 13.7. The van der Waals surface area contributed by atoms with Crippen LogP contribution in [0.25, 0.3) is 5.65 Å². The average Bonchev–Trinajstić information content (AvgIpc) is 2.49. The highest BCUT2D eigenvalue weighted by atomic mass is 19.1. The molecule has 21 heavy (non-hydrogen) atoms. The van der Waals surface area contributed by atoms with Crippen LogP contribution in [0.1, 0.15) is 5.56 Å². The summed E-state index contributed by atoms with van der Waals surface area (Å²) in [5.41, 5.74) is 0.978. The first kappa shape index (κ1) is 13.3. The molecule has 0 atom stereocenters. The van der Waals surface area contributed by atoms with Crippen LogP contribution in [0, 0.1) is 5.82 Å². The molecule has 2 heterocycles. The Labute approximate surface area is 121 Å². The summed E-state index contributed by atoms with van der Waals surface area (Å²) in [7, 11) is 1.79. The number of aromatic nitrogens is 2. The van der Waals surface area contributed by atoms with Crippen molar-refractivity contribution in [3.05, 3.63) is 76.5 Å². The quantitative estimate of drug-likeness (QED) is 0.741. The predicted octanol–water partition coefficient (Wildman–Crippen LogP) is 2.47. The second kappa shape index (κ2) is 5.36. The Kier molecular flexibility index (Phi) is 3.39. The highest BCUT2D eigenvalue weighted by Crippen LogP contribution is 2.14. The first-order chi connectivity index (χ1) is 10.1. The Morgan fingerprint density at radius 2 is 1.95 bits per heavy atom. The molecule has 1 aromatic carbocycles. The van der Waals surface area contributed by atoms with Gasteiger partial charge in [0, 0.05) is 31.4 Å². The molecular formula is C16H14FN3O. The van der Waals surface area contributed by atoms with Crippen molar-refractivity contribution in [2.24, 2.45) is 0 Å². The van der Waals surface area contributed by atoms with E-state index in [1.807, 2.05) is 6.07 Å². The highest BCUT2D eigenvalue weighted by molar-refractivity contribution is 5.48. The standard InChI is InChI=1S/C16H14FN3O/c1-19(11-12-6-2-3-7-13(12)17)15-10-16(21)20-9-5-4-8-14(20)18-15/h2-10H,11H2,1H3. The molecule has 0 amide bonds. The number of pyridine rings is 1. The molecule has 0 fully saturated rings. The van der Waals surface area contributed by atoms with Crippen molar-refractivity contribution in [1.82, 2.24) is 9.38 Å². The molecule has 2 aromatic heterocycles. The normalized spacial score (nSPS) is 10.8. The fraction of sp³-hybridized carbons (Fsp3) is 0.125. The Balaban J connectivity index is 1.97. The third-order valence-corrected chi connectivity index (χ3v) is 3.31. The average molecular weight is 283 g/mol. The van der Waals surface area contributed by atoms with Gasteiger partial charge in [-0.15, -0.1) is 0 Å². The van der Waals surface area contributed by atoms with E-state index in [0.29, 0.717) is 23.6 Å². The van der Waals surface area contributed by atoms with Crippen LogP contribution in [0.4, 0.5) is 10.2 Å². The largest absolute Gasteiger partial charge is 0.355 e. The van der Waals surface area contributed by atoms with Gasteiger partial charge < -0.3 is 4.90 Å². The molecule has 0 N–H and O–H groups in total. The van der Waals surface area contributed by atoms with E-state index in [4.69, 9.17) is 0 Å². The lowest BCUT2D eigenvalue weighted by Crippen LogP contribution is -2.23. The number of nitrogens with zero attached hydrogens (tertiary/aromatic N) is 3. The molecule has 0 aliphatic carbocycles. The van der Waals surface area contributed by atoms with Gasteiger partial charge in [0.15, 0.2) is 0 Å². The molecule has 0 unspecified atom stereocenters. The number of fused-ring (bicyclic) bond motifs is 1. The van der Waals surface area contributed by atoms with Gasteiger partial charge in [-0.3, -0.25) is 9.20 Å². The molecule has 0 aliphatic heterocycles. The smallest absolute Gasteiger partial charge is 0.259 e. The van der Waals surface area contributed by atoms with Crippen LogP contribution >= 0.6 is 0 Å². The topological polar surface area (TPSA) is 37.6 Å². The molecule has 0 radical (unpaired) electrons. The van der Waals surface area contributed by atoms with E-state index < -0.39 is 0 Å². The maximum Gasteiger partial charge on any atom is 0.259 e. The van der Waals surface area contributed by atoms with Crippen molar-refractivity contribution in [1.29, 1.82) is 0 Å². The van der Waals surface area contributed by atoms with Gasteiger partial charge in [-0.05, 0) is 18.2 Å². The van der Waals surface area contributed by atoms with Crippen LogP contribution in [0.2, 0.25) is 0 Å². The molecule has 106 valence electrons. The lowest BCUT2D eigenvalue weighted by Gasteiger charge is -2.18. The summed E-state index contributed by atoms with van der Waals surface area (Å²) in [6.45, 7) is 0.349. The number of rotatable bonds is 3. The molecule has 0 bridgehead atoms. The first-order valence-electron chi connectivity index (χ1n) is 6.58. The third-order valence-electron chi connectivity index (χ3n) is 3.31. The molecule has 3 rings (SSSR count). The molecule has 0 spiro atoms. The zero-order valence-corrected chi connectivity index (χ0v) is 11.5. The summed E-state index contributed by atoms with van der Waals surface area (Å²) in [6.07, 6.45) is 1.67. The summed E-state index contributed by atoms with van der Waals surface area (Å²) in [4.78, 5) is 18.2. The number of benzene rings is 1. The summed E-state index contributed by atoms with van der Waals surface area (Å²) < 4.78 is 15.2. The predicted molar refractivity (Wildman–Crippen MR) is 80.0 cm³/mol. The Bertz CT molecular complexity index is 844. The van der Waals surface area contributed by atoms with Gasteiger partial charge in [-0.1, -0.05) is 24.3 Å². The van der Waals surface area contributed by atoms with Crippen molar-refractivity contribution in [2.75, 3.05) is 11.9 Å². The third kappa shape index (κ3) is 2.63. The van der Waals surface area contributed by atoms with Gasteiger partial charge in [0.1, 0.15) is 17.3 Å². The van der Waals surface area contributed by atoms with E-state index in [2.05, 4.69) is 4.98 Å². The Hall–Kier alpha value is -2.69. The summed E-state index contributed by atoms with van der Waals surface area (Å²) >= 11 is 0. The van der Waals surface area contributed by atoms with Gasteiger partial charge >= 0.3 is 0 Å². The fourth-order valence-electron chi connectivity index (χ4n) is 2.20. The van der Waals surface area contributed by atoms with Crippen LogP contribution in [0.3, 0.4) is 0 Å². The van der Waals surface area contributed by atoms with Gasteiger partial charge in [0.2, 0.25) is 0 Å². The van der Waals surface area contributed by atoms with Gasteiger partial charge in [-0.25, -0.2) is 9.37 Å². The van der Waals surface area contributed by atoms with Gasteiger partial charge in [0.05, 0.1) is 0 Å². The minimum Gasteiger partial charge on any atom is -0.355 e.